The average molecular weight is 255 g/mol. The fourth-order valence-electron chi connectivity index (χ4n) is 2.06. The zero-order valence-electron chi connectivity index (χ0n) is 9.87. The first-order valence-electron chi connectivity index (χ1n) is 5.63. The van der Waals surface area contributed by atoms with Gasteiger partial charge in [-0.05, 0) is 44.7 Å². The number of nitro benzene ring substituents is 1. The minimum absolute atomic E-state index is 0.0390. The van der Waals surface area contributed by atoms with E-state index >= 15 is 0 Å². The second-order valence-electron chi connectivity index (χ2n) is 5.01. The predicted molar refractivity (Wildman–Crippen MR) is 68.5 cm³/mol. The fraction of sp³-hybridized carbons (Fsp3) is 0.500. The van der Waals surface area contributed by atoms with Crippen molar-refractivity contribution in [3.63, 3.8) is 0 Å². The van der Waals surface area contributed by atoms with Crippen LogP contribution in [0.25, 0.3) is 0 Å². The summed E-state index contributed by atoms with van der Waals surface area (Å²) in [5.41, 5.74) is 0.331. The Kier molecular flexibility index (Phi) is 3.00. The number of rotatable bonds is 4. The first kappa shape index (κ1) is 12.2. The molecule has 0 saturated heterocycles. The van der Waals surface area contributed by atoms with Gasteiger partial charge in [0.25, 0.3) is 0 Å². The zero-order chi connectivity index (χ0) is 12.6. The summed E-state index contributed by atoms with van der Waals surface area (Å²) in [6.07, 6.45) is 2.35. The Labute approximate surface area is 105 Å². The molecule has 0 radical (unpaired) electrons. The van der Waals surface area contributed by atoms with Gasteiger partial charge in [-0.2, -0.15) is 0 Å². The van der Waals surface area contributed by atoms with E-state index in [1.165, 1.54) is 18.9 Å². The quantitative estimate of drug-likeness (QED) is 0.656. The normalized spacial score (nSPS) is 15.7. The van der Waals surface area contributed by atoms with Crippen molar-refractivity contribution < 1.29 is 4.92 Å². The van der Waals surface area contributed by atoms with E-state index in [2.05, 4.69) is 19.2 Å². The molecule has 0 spiro atoms. The first-order chi connectivity index (χ1) is 7.92. The van der Waals surface area contributed by atoms with Crippen LogP contribution in [0.5, 0.6) is 0 Å². The lowest BCUT2D eigenvalue weighted by Gasteiger charge is -2.27. The highest BCUT2D eigenvalue weighted by Crippen LogP contribution is 2.43. The summed E-state index contributed by atoms with van der Waals surface area (Å²) in [6.45, 7) is 4.13. The largest absolute Gasteiger partial charge is 0.374 e. The van der Waals surface area contributed by atoms with Crippen LogP contribution in [-0.4, -0.2) is 10.5 Å². The van der Waals surface area contributed by atoms with Gasteiger partial charge in [0.15, 0.2) is 0 Å². The topological polar surface area (TPSA) is 55.2 Å². The number of hydrogen-bond acceptors (Lipinski definition) is 3. The first-order valence-corrected chi connectivity index (χ1v) is 6.00. The van der Waals surface area contributed by atoms with E-state index in [1.54, 1.807) is 12.1 Å². The minimum Gasteiger partial charge on any atom is -0.374 e. The Morgan fingerprint density at radius 2 is 2.12 bits per heavy atom. The summed E-state index contributed by atoms with van der Waals surface area (Å²) >= 11 is 5.87. The Morgan fingerprint density at radius 1 is 1.47 bits per heavy atom. The number of nitrogens with one attached hydrogen (secondary N) is 1. The van der Waals surface area contributed by atoms with Gasteiger partial charge >= 0.3 is 5.69 Å². The van der Waals surface area contributed by atoms with Crippen LogP contribution < -0.4 is 5.32 Å². The Hall–Kier alpha value is -1.29. The molecule has 0 bridgehead atoms. The number of halogens is 1. The van der Waals surface area contributed by atoms with Gasteiger partial charge in [0, 0.05) is 5.54 Å². The molecule has 0 amide bonds. The zero-order valence-corrected chi connectivity index (χ0v) is 10.6. The second-order valence-corrected chi connectivity index (χ2v) is 5.42. The third-order valence-electron chi connectivity index (χ3n) is 3.22. The number of nitro groups is 1. The minimum atomic E-state index is -0.437. The number of benzene rings is 1. The van der Waals surface area contributed by atoms with Crippen LogP contribution in [0.2, 0.25) is 5.02 Å². The molecule has 0 aromatic heterocycles. The smallest absolute Gasteiger partial charge is 0.310 e. The molecular weight excluding hydrogens is 240 g/mol. The number of nitrogens with zero attached hydrogens (tertiary/aromatic N) is 1. The van der Waals surface area contributed by atoms with Crippen molar-refractivity contribution in [2.75, 3.05) is 5.32 Å². The van der Waals surface area contributed by atoms with E-state index in [4.69, 9.17) is 11.6 Å². The third kappa shape index (κ3) is 2.52. The molecule has 0 aliphatic heterocycles. The van der Waals surface area contributed by atoms with Crippen molar-refractivity contribution in [3.8, 4) is 0 Å². The highest BCUT2D eigenvalue weighted by Gasteiger charge is 2.38. The Morgan fingerprint density at radius 3 is 2.65 bits per heavy atom. The molecule has 92 valence electrons. The van der Waals surface area contributed by atoms with Crippen molar-refractivity contribution >= 4 is 23.0 Å². The van der Waals surface area contributed by atoms with Crippen molar-refractivity contribution in [3.05, 3.63) is 33.3 Å². The summed E-state index contributed by atoms with van der Waals surface area (Å²) in [5.74, 6) is 0.584. The molecule has 0 atom stereocenters. The van der Waals surface area contributed by atoms with Crippen LogP contribution in [0.3, 0.4) is 0 Å². The van der Waals surface area contributed by atoms with Crippen molar-refractivity contribution in [1.82, 2.24) is 0 Å². The van der Waals surface area contributed by atoms with Crippen molar-refractivity contribution in [2.24, 2.45) is 5.92 Å². The monoisotopic (exact) mass is 254 g/mol. The summed E-state index contributed by atoms with van der Waals surface area (Å²) < 4.78 is 0. The van der Waals surface area contributed by atoms with E-state index in [0.717, 1.165) is 0 Å². The van der Waals surface area contributed by atoms with E-state index in [-0.39, 0.29) is 16.2 Å². The highest BCUT2D eigenvalue weighted by molar-refractivity contribution is 6.33. The van der Waals surface area contributed by atoms with Gasteiger partial charge in [0.1, 0.15) is 10.7 Å². The van der Waals surface area contributed by atoms with Gasteiger partial charge in [0.05, 0.1) is 4.92 Å². The lowest BCUT2D eigenvalue weighted by Crippen LogP contribution is -2.33. The average Bonchev–Trinajstić information content (AvgIpc) is 2.98. The number of para-hydroxylation sites is 1. The van der Waals surface area contributed by atoms with Gasteiger partial charge in [-0.25, -0.2) is 0 Å². The van der Waals surface area contributed by atoms with E-state index in [9.17, 15) is 10.1 Å². The van der Waals surface area contributed by atoms with Gasteiger partial charge in [0.2, 0.25) is 0 Å². The van der Waals surface area contributed by atoms with E-state index < -0.39 is 4.92 Å². The van der Waals surface area contributed by atoms with Gasteiger partial charge in [-0.15, -0.1) is 0 Å². The van der Waals surface area contributed by atoms with Crippen LogP contribution in [0, 0.1) is 16.0 Å². The molecule has 1 saturated carbocycles. The Balaban J connectivity index is 2.32. The summed E-state index contributed by atoms with van der Waals surface area (Å²) in [7, 11) is 0. The lowest BCUT2D eigenvalue weighted by molar-refractivity contribution is -0.383. The lowest BCUT2D eigenvalue weighted by atomic mass is 9.98. The maximum Gasteiger partial charge on any atom is 0.310 e. The molecular formula is C12H15ClN2O2. The molecule has 4 nitrogen and oxygen atoms in total. The van der Waals surface area contributed by atoms with Crippen LogP contribution in [0.4, 0.5) is 11.4 Å². The molecule has 17 heavy (non-hydrogen) atoms. The van der Waals surface area contributed by atoms with Gasteiger partial charge < -0.3 is 5.32 Å². The van der Waals surface area contributed by atoms with E-state index in [0.29, 0.717) is 11.6 Å². The second kappa shape index (κ2) is 4.18. The molecule has 1 fully saturated rings. The molecule has 1 aromatic carbocycles. The highest BCUT2D eigenvalue weighted by atomic mass is 35.5. The SMILES string of the molecule is CC(C)(Nc1cccc(Cl)c1[N+](=O)[O-])C1CC1. The maximum absolute atomic E-state index is 11.0. The van der Waals surface area contributed by atoms with Crippen LogP contribution in [0.15, 0.2) is 18.2 Å². The summed E-state index contributed by atoms with van der Waals surface area (Å²) in [6, 6.07) is 4.96. The van der Waals surface area contributed by atoms with Crippen LogP contribution in [0.1, 0.15) is 26.7 Å². The van der Waals surface area contributed by atoms with Crippen LogP contribution in [-0.2, 0) is 0 Å². The molecule has 0 unspecified atom stereocenters. The third-order valence-corrected chi connectivity index (χ3v) is 3.53. The van der Waals surface area contributed by atoms with Gasteiger partial charge in [-0.3, -0.25) is 10.1 Å². The fourth-order valence-corrected chi connectivity index (χ4v) is 2.30. The molecule has 1 N–H and O–H groups in total. The molecule has 5 heteroatoms. The molecule has 1 aliphatic rings. The Bertz CT molecular complexity index is 456. The summed E-state index contributed by atoms with van der Waals surface area (Å²) in [5, 5.41) is 14.4. The number of anilines is 1. The number of hydrogen-bond donors (Lipinski definition) is 1. The van der Waals surface area contributed by atoms with Crippen molar-refractivity contribution in [1.29, 1.82) is 0 Å². The molecule has 1 aliphatic carbocycles. The predicted octanol–water partition coefficient (Wildman–Crippen LogP) is 3.85. The molecule has 0 heterocycles. The standard InChI is InChI=1S/C12H15ClN2O2/c1-12(2,8-6-7-8)14-10-5-3-4-9(13)11(10)15(16)17/h3-5,8,14H,6-7H2,1-2H3. The van der Waals surface area contributed by atoms with Gasteiger partial charge in [-0.1, -0.05) is 17.7 Å². The maximum atomic E-state index is 11.0. The summed E-state index contributed by atoms with van der Waals surface area (Å²) in [4.78, 5) is 10.6. The molecule has 1 aromatic rings. The van der Waals surface area contributed by atoms with E-state index in [1.807, 2.05) is 0 Å². The van der Waals surface area contributed by atoms with Crippen LogP contribution >= 0.6 is 11.6 Å². The van der Waals surface area contributed by atoms with Crippen molar-refractivity contribution in [2.45, 2.75) is 32.2 Å². The molecule has 2 rings (SSSR count).